The molecule has 24 heteroatoms. The quantitative estimate of drug-likeness (QED) is 0.0200. The van der Waals surface area contributed by atoms with Crippen molar-refractivity contribution in [3.05, 3.63) is 178 Å². The summed E-state index contributed by atoms with van der Waals surface area (Å²) in [5.41, 5.74) is 5.21. The van der Waals surface area contributed by atoms with Crippen LogP contribution in [0.5, 0.6) is 23.0 Å². The number of carboxylic acid groups (broad SMARTS) is 1. The lowest BCUT2D eigenvalue weighted by atomic mass is 9.87. The molecule has 460 valence electrons. The van der Waals surface area contributed by atoms with Crippen molar-refractivity contribution in [1.82, 2.24) is 9.97 Å². The molecule has 5 N–H and O–H groups in total. The van der Waals surface area contributed by atoms with E-state index in [9.17, 15) is 51.4 Å². The number of hydrogen-bond acceptors (Lipinski definition) is 16. The van der Waals surface area contributed by atoms with Crippen LogP contribution in [-0.4, -0.2) is 101 Å². The molecule has 6 aromatic rings. The molecule has 0 radical (unpaired) electrons. The van der Waals surface area contributed by atoms with Gasteiger partial charge in [-0.1, -0.05) is 83.1 Å². The van der Waals surface area contributed by atoms with Gasteiger partial charge in [0.15, 0.2) is 40.5 Å². The number of Topliss-reactive ketones (excluding diaryl/α,β-unsaturated/α-hetero) is 1. The number of aromatic hydroxyl groups is 1. The monoisotopic (exact) mass is 1230 g/mol. The lowest BCUT2D eigenvalue weighted by Gasteiger charge is -2.26. The first-order chi connectivity index (χ1) is 39.7. The number of carbonyl (C=O) groups excluding carboxylic acids is 5. The number of benzene rings is 4. The average molecular weight is 1230 g/mol. The molecule has 0 saturated heterocycles. The van der Waals surface area contributed by atoms with Crippen LogP contribution in [-0.2, 0) is 28.5 Å². The zero-order chi connectivity index (χ0) is 62.8. The number of aromatic carboxylic acids is 1. The van der Waals surface area contributed by atoms with Crippen LogP contribution in [0, 0.1) is 41.0 Å². The fourth-order valence-corrected chi connectivity index (χ4v) is 7.63. The Morgan fingerprint density at radius 2 is 0.918 bits per heavy atom. The first-order valence-electron chi connectivity index (χ1n) is 26.1. The number of carbonyl (C=O) groups is 6. The van der Waals surface area contributed by atoms with Gasteiger partial charge in [-0.25, -0.2) is 46.7 Å². The van der Waals surface area contributed by atoms with Crippen LogP contribution >= 0.6 is 11.6 Å². The van der Waals surface area contributed by atoms with Gasteiger partial charge in [0.1, 0.15) is 35.5 Å². The third kappa shape index (κ3) is 24.4. The summed E-state index contributed by atoms with van der Waals surface area (Å²) in [5, 5.41) is 17.7. The minimum absolute atomic E-state index is 0. The summed E-state index contributed by atoms with van der Waals surface area (Å²) in [5.74, 6) is -6.28. The maximum absolute atomic E-state index is 13.6. The van der Waals surface area contributed by atoms with E-state index in [0.717, 1.165) is 11.1 Å². The summed E-state index contributed by atoms with van der Waals surface area (Å²) in [6, 6.07) is 25.7. The largest absolute Gasteiger partial charge is 1.00 e. The number of rotatable bonds is 21. The van der Waals surface area contributed by atoms with Crippen molar-refractivity contribution in [3.63, 3.8) is 0 Å². The summed E-state index contributed by atoms with van der Waals surface area (Å²) in [7, 11) is 2.68. The van der Waals surface area contributed by atoms with Gasteiger partial charge in [-0.2, -0.15) is 0 Å². The predicted molar refractivity (Wildman–Crippen MR) is 300 cm³/mol. The number of quaternary nitrogens is 1. The van der Waals surface area contributed by atoms with Crippen molar-refractivity contribution in [2.45, 2.75) is 91.9 Å². The minimum Gasteiger partial charge on any atom is -1.00 e. The molecule has 0 amide bonds. The molecule has 0 saturated carbocycles. The van der Waals surface area contributed by atoms with Crippen LogP contribution in [0.3, 0.4) is 0 Å². The average Bonchev–Trinajstić information content (AvgIpc) is 3.32. The highest BCUT2D eigenvalue weighted by atomic mass is 35.5. The molecule has 0 aliphatic rings. The first-order valence-corrected chi connectivity index (χ1v) is 26.5. The molecular formula is C61H69Cl2F4N3O15. The number of hydrogen-bond donors (Lipinski definition) is 3. The summed E-state index contributed by atoms with van der Waals surface area (Å²) < 4.78 is 89.4. The number of ketones is 1. The van der Waals surface area contributed by atoms with E-state index in [-0.39, 0.29) is 71.8 Å². The fraction of sp³-hybridized carbons (Fsp3) is 0.344. The van der Waals surface area contributed by atoms with Gasteiger partial charge in [0.25, 0.3) is 0 Å². The van der Waals surface area contributed by atoms with Crippen LogP contribution in [0.15, 0.2) is 122 Å². The Hall–Kier alpha value is -8.34. The van der Waals surface area contributed by atoms with Crippen LogP contribution < -0.4 is 32.4 Å². The summed E-state index contributed by atoms with van der Waals surface area (Å²) >= 11 is 4.86. The Kier molecular flexibility index (Phi) is 31.1. The Balaban J connectivity index is 0.000000464. The molecule has 6 rings (SSSR count). The van der Waals surface area contributed by atoms with E-state index in [1.54, 1.807) is 69.3 Å². The van der Waals surface area contributed by atoms with Crippen molar-refractivity contribution in [1.29, 1.82) is 0 Å². The zero-order valence-corrected chi connectivity index (χ0v) is 49.9. The van der Waals surface area contributed by atoms with E-state index in [1.165, 1.54) is 94.2 Å². The molecule has 2 aromatic heterocycles. The van der Waals surface area contributed by atoms with Gasteiger partial charge in [-0.15, -0.1) is 0 Å². The van der Waals surface area contributed by atoms with Gasteiger partial charge in [0, 0.05) is 54.4 Å². The minimum atomic E-state index is -1.29. The van der Waals surface area contributed by atoms with Gasteiger partial charge < -0.3 is 61.5 Å². The molecule has 2 heterocycles. The second-order valence-corrected chi connectivity index (χ2v) is 19.9. The van der Waals surface area contributed by atoms with Gasteiger partial charge in [-0.3, -0.25) is 9.59 Å². The smallest absolute Gasteiger partial charge is 0.514 e. The van der Waals surface area contributed by atoms with Crippen LogP contribution in [0.25, 0.3) is 0 Å². The van der Waals surface area contributed by atoms with E-state index in [4.69, 9.17) is 40.4 Å². The number of carboxylic acids is 1. The number of halogens is 6. The van der Waals surface area contributed by atoms with Crippen molar-refractivity contribution in [2.24, 2.45) is 17.8 Å². The molecule has 0 aliphatic carbocycles. The Labute approximate surface area is 501 Å². The molecule has 0 aliphatic heterocycles. The number of methoxy groups -OCH3 is 2. The van der Waals surface area contributed by atoms with Crippen molar-refractivity contribution in [2.75, 3.05) is 27.4 Å². The van der Waals surface area contributed by atoms with Crippen LogP contribution in [0.2, 0.25) is 0 Å². The van der Waals surface area contributed by atoms with E-state index >= 15 is 0 Å². The third-order valence-electron chi connectivity index (χ3n) is 11.7. The van der Waals surface area contributed by atoms with E-state index in [1.807, 2.05) is 27.7 Å². The standard InChI is InChI=1S/C31H33F2NO7.C18H19F2NO2.C7H7NO4.C5H9ClO2.ClH/c1-18(2)17-39-31(37)41-29-26(38-5)14-15-34-28(29)25(35)16-19(3)30(36)40-20(4)27(21-6-10-23(32)11-7-21)22-8-12-24(33)13-9-22;1-11(21)18(22)23-12(2)17(13-3-7-15(19)8-4-13)14-5-9-16(20)10-6-14;1-12-4-2-3-8-5(6(4)9)7(10)11;1-4(2)3-8-5(6)7;/h6-15,18-20,27H,16-17H2,1-5H3;3-12,17H,21H2,1-2H3;2-3,9H,1H3,(H,10,11);4H,3H2,1-2H3;1H/t19-,20+;11-,12-;;;/m10.../s1. The second kappa shape index (κ2) is 36.4. The maximum Gasteiger partial charge on any atom is 0.514 e. The SMILES string of the molecule is CC(C)COC(=O)Cl.COc1ccnc(C(=O)C[C@@H](C)C(=O)O[C@@H](C)C(c2ccc(F)cc2)c2ccc(F)cc2)c1OC(=O)OCC(C)C.COc1ccnc(C(=O)O)c1O.C[C@H]([NH3+])C(=O)O[C@@H](C)C(c1ccc(F)cc1)c1ccc(F)cc1.[Cl-]. The number of aromatic nitrogens is 2. The molecule has 0 bridgehead atoms. The van der Waals surface area contributed by atoms with Gasteiger partial charge in [0.05, 0.1) is 33.4 Å². The van der Waals surface area contributed by atoms with Crippen molar-refractivity contribution >= 4 is 46.9 Å². The highest BCUT2D eigenvalue weighted by Crippen LogP contribution is 2.35. The number of esters is 2. The maximum atomic E-state index is 13.6. The fourth-order valence-electron chi connectivity index (χ4n) is 7.57. The number of nitrogens with zero attached hydrogens (tertiary/aromatic N) is 2. The Bertz CT molecular complexity index is 3000. The molecule has 0 unspecified atom stereocenters. The second-order valence-electron chi connectivity index (χ2n) is 19.6. The third-order valence-corrected chi connectivity index (χ3v) is 11.8. The van der Waals surface area contributed by atoms with E-state index < -0.39 is 88.4 Å². The lowest BCUT2D eigenvalue weighted by Crippen LogP contribution is -3.00. The molecule has 0 fully saturated rings. The topological polar surface area (TPSA) is 261 Å². The van der Waals surface area contributed by atoms with E-state index in [0.29, 0.717) is 23.7 Å². The summed E-state index contributed by atoms with van der Waals surface area (Å²) in [4.78, 5) is 78.1. The van der Waals surface area contributed by atoms with Crippen LogP contribution in [0.4, 0.5) is 27.2 Å². The molecule has 0 spiro atoms. The molecule has 85 heavy (non-hydrogen) atoms. The first kappa shape index (κ1) is 72.8. The van der Waals surface area contributed by atoms with E-state index in [2.05, 4.69) is 25.2 Å². The highest BCUT2D eigenvalue weighted by Gasteiger charge is 2.31. The summed E-state index contributed by atoms with van der Waals surface area (Å²) in [6.45, 7) is 14.7. The van der Waals surface area contributed by atoms with Crippen molar-refractivity contribution in [3.8, 4) is 23.0 Å². The Morgan fingerprint density at radius 1 is 0.553 bits per heavy atom. The lowest BCUT2D eigenvalue weighted by molar-refractivity contribution is -0.403. The molecule has 18 nitrogen and oxygen atoms in total. The predicted octanol–water partition coefficient (Wildman–Crippen LogP) is 8.69. The summed E-state index contributed by atoms with van der Waals surface area (Å²) in [6.07, 6.45) is -0.00129. The zero-order valence-electron chi connectivity index (χ0n) is 48.4. The van der Waals surface area contributed by atoms with Gasteiger partial charge >= 0.3 is 29.5 Å². The Morgan fingerprint density at radius 3 is 1.26 bits per heavy atom. The molecule has 4 atom stereocenters. The molecular weight excluding hydrogens is 1160 g/mol. The van der Waals surface area contributed by atoms with Gasteiger partial charge in [-0.05, 0) is 103 Å². The normalized spacial score (nSPS) is 12.0. The molecule has 4 aromatic carbocycles. The van der Waals surface area contributed by atoms with Crippen LogP contribution in [0.1, 0.15) is 117 Å². The van der Waals surface area contributed by atoms with Gasteiger partial charge in [0.2, 0.25) is 5.75 Å². The number of pyridine rings is 2. The number of ether oxygens (including phenoxy) is 7. The van der Waals surface area contributed by atoms with Crippen molar-refractivity contribution < 1.29 is 108 Å². The highest BCUT2D eigenvalue weighted by molar-refractivity contribution is 6.61.